The summed E-state index contributed by atoms with van der Waals surface area (Å²) in [6.07, 6.45) is 7.73. The number of methoxy groups -OCH3 is 4. The number of carbonyl (C=O) groups is 3. The molecule has 700 valence electrons. The summed E-state index contributed by atoms with van der Waals surface area (Å²) in [5.74, 6) is 1.15. The van der Waals surface area contributed by atoms with E-state index in [1.165, 1.54) is 18.2 Å². The minimum atomic E-state index is -1.88. The fourth-order valence-electron chi connectivity index (χ4n) is 19.8. The van der Waals surface area contributed by atoms with Gasteiger partial charge < -0.3 is 102 Å². The van der Waals surface area contributed by atoms with Crippen LogP contribution < -0.4 is 38.5 Å². The van der Waals surface area contributed by atoms with Crippen molar-refractivity contribution >= 4 is 39.5 Å². The fourth-order valence-corrected chi connectivity index (χ4v) is 19.8. The Kier molecular flexibility index (Phi) is 30.9. The molecule has 26 nitrogen and oxygen atoms in total. The van der Waals surface area contributed by atoms with E-state index in [0.717, 1.165) is 69.0 Å². The zero-order chi connectivity index (χ0) is 92.8. The average Bonchev–Trinajstić information content (AvgIpc) is 1.44. The lowest BCUT2D eigenvalue weighted by molar-refractivity contribution is -0.340. The Morgan fingerprint density at radius 1 is 0.769 bits per heavy atom. The number of hydrogen-bond donors (Lipinski definition) is 5. The first-order valence-corrected chi connectivity index (χ1v) is 45.9. The summed E-state index contributed by atoms with van der Waals surface area (Å²) >= 11 is 0. The van der Waals surface area contributed by atoms with E-state index in [9.17, 15) is 34.8 Å². The van der Waals surface area contributed by atoms with Crippen molar-refractivity contribution in [2.75, 3.05) is 55.3 Å². The summed E-state index contributed by atoms with van der Waals surface area (Å²) in [6, 6.07) is 37.3. The Bertz CT molecular complexity index is 5260. The first kappa shape index (κ1) is 96.4. The third-order valence-corrected chi connectivity index (χ3v) is 27.7. The normalized spacial score (nSPS) is 32.7. The van der Waals surface area contributed by atoms with Crippen molar-refractivity contribution in [2.45, 2.75) is 268 Å². The van der Waals surface area contributed by atoms with E-state index in [0.29, 0.717) is 115 Å². The zero-order valence-corrected chi connectivity index (χ0v) is 78.0. The second-order valence-electron chi connectivity index (χ2n) is 37.4. The molecule has 9 aliphatic heterocycles. The quantitative estimate of drug-likeness (QED) is 0.0470. The molecule has 1 amide bonds. The van der Waals surface area contributed by atoms with E-state index in [2.05, 4.69) is 87.7 Å². The lowest BCUT2D eigenvalue weighted by Gasteiger charge is -2.51. The Balaban J connectivity index is 0.000000165. The van der Waals surface area contributed by atoms with E-state index in [4.69, 9.17) is 75.8 Å². The topological polar surface area (TPSA) is 318 Å². The first-order chi connectivity index (χ1) is 62.3. The molecular formula is C104H131N3O23. The van der Waals surface area contributed by atoms with Crippen molar-refractivity contribution in [2.24, 2.45) is 29.6 Å². The number of hydrogen-bond acceptors (Lipinski definition) is 25. The van der Waals surface area contributed by atoms with Gasteiger partial charge in [-0.2, -0.15) is 0 Å². The number of fused-ring (bicyclic) bond motifs is 10. The number of aromatic nitrogens is 2. The maximum absolute atomic E-state index is 14.5. The minimum absolute atomic E-state index is 0.00577. The van der Waals surface area contributed by atoms with Gasteiger partial charge >= 0.3 is 12.1 Å². The third kappa shape index (κ3) is 20.9. The predicted molar refractivity (Wildman–Crippen MR) is 491 cm³/mol. The number of ether oxygens (including phenoxy) is 16. The number of ketones is 1. The molecule has 3 unspecified atom stereocenters. The Morgan fingerprint density at radius 3 is 2.22 bits per heavy atom. The molecule has 10 heterocycles. The van der Waals surface area contributed by atoms with Gasteiger partial charge in [0.1, 0.15) is 90.2 Å². The highest BCUT2D eigenvalue weighted by molar-refractivity contribution is 6.06. The molecule has 5 fully saturated rings. The molecule has 5 saturated heterocycles. The lowest BCUT2D eigenvalue weighted by atomic mass is 9.71. The standard InChI is InChI=1S/C49H76O14.C23H22O6.C20H22N2O.C12H11NO2/c1-11-25(2)44-27(4)17-18-48(63-44)23-34-20-33(62-48)16-15-26(3)41(50)29(6)35(14-12-13-32-24-57-46-42(51)28(5)19-36(47(53)60-34)49(32,46)54)37-21-39(56-10)45(31(8)58-37)61-40-22-38(55-9)43(52)30(7)59-40;1-11(2)16-8-14-15(28-16)6-5-12-22(24)21-13-7-18(25-3)19(26-4)9-17(13)27-10-20(21)29-23(12)14;1-20(2,3)16-10-8-15(9-11-16)12-13-23-19-17-6-4-5-7-18(17)21-14-22-19;1-13-12(14)15-11-8-4-6-9-5-2-3-7-10(9)11/h12-15,19,25,27,29-31,33-46,50-52,54H,11,16-18,20-24H2,1-10H3;5-7,9,16,20-21H,1,8,10H2,2-4H3;4-11,14H,12-13H2,1-3H3;2-8H,1H3,(H,13,14)/b14-12+,26-15-,32-13+;;;/t25-,27-,29-,30-,31-,33+,34?,35?,36-,37?,38-,39-,40+,41+,42+,43-,44+,45-,46+,48+,49+;16-,20-,21+;;/m01../s1. The molecule has 130 heavy (non-hydrogen) atoms. The van der Waals surface area contributed by atoms with Gasteiger partial charge in [-0.15, -0.1) is 0 Å². The molecule has 1 aromatic heterocycles. The summed E-state index contributed by atoms with van der Waals surface area (Å²) in [5.41, 5.74) is 6.80. The maximum atomic E-state index is 14.5. The van der Waals surface area contributed by atoms with Crippen molar-refractivity contribution in [1.29, 1.82) is 0 Å². The summed E-state index contributed by atoms with van der Waals surface area (Å²) in [4.78, 5) is 47.6. The molecule has 6 aromatic carbocycles. The molecule has 5 N–H and O–H groups in total. The molecule has 7 aromatic rings. The van der Waals surface area contributed by atoms with E-state index < -0.39 is 115 Å². The molecule has 1 spiro atoms. The smallest absolute Gasteiger partial charge is 0.412 e. The van der Waals surface area contributed by atoms with Crippen molar-refractivity contribution in [3.8, 4) is 40.4 Å². The SMILES string of the molecule is C=C(C)[C@H]1Cc2c(ccc3c2O[C@@H]2COc4cc(OC)c(OC)cc4[C@@H]2C3=O)O1.CC(C)(C)c1ccc(CCOc2ncnc3ccccc23)cc1.CC[C@H](C)[C@H]1O[C@]2(CC[C@@H]1C)CC1C[C@@H](C/C=C(/C)[C@@H](O)[C@@H](C)C(C3C[C@H](OC)[C@@H](O[C@@H]4C[C@H](OC)[C@@H](O)[C@H](C)O4)[C@H](C)O3)/C=C/C=C3\CO[C@@H]4[C@H](O)C(C)=C[C@@H](C(=O)O1)[C@]34O)O2.CNC(=O)Oc1cccc2ccccc12. The van der Waals surface area contributed by atoms with Gasteiger partial charge in [-0.05, 0) is 146 Å². The Labute approximate surface area is 763 Å². The van der Waals surface area contributed by atoms with E-state index in [1.54, 1.807) is 79.0 Å². The van der Waals surface area contributed by atoms with Crippen LogP contribution in [0, 0.1) is 29.6 Å². The van der Waals surface area contributed by atoms with Gasteiger partial charge in [0.15, 0.2) is 29.4 Å². The molecular weight excluding hydrogens is 1660 g/mol. The average molecular weight is 1790 g/mol. The molecule has 1 aliphatic carbocycles. The number of nitrogens with one attached hydrogen (secondary N) is 1. The molecule has 10 aliphatic rings. The van der Waals surface area contributed by atoms with Gasteiger partial charge in [0, 0.05) is 94.7 Å². The van der Waals surface area contributed by atoms with Gasteiger partial charge in [-0.25, -0.2) is 14.8 Å². The highest BCUT2D eigenvalue weighted by atomic mass is 16.7. The van der Waals surface area contributed by atoms with Crippen LogP contribution in [0.15, 0.2) is 181 Å². The minimum Gasteiger partial charge on any atom is -0.493 e. The first-order valence-electron chi connectivity index (χ1n) is 45.9. The summed E-state index contributed by atoms with van der Waals surface area (Å²) in [7, 11) is 7.89. The monoisotopic (exact) mass is 1790 g/mol. The summed E-state index contributed by atoms with van der Waals surface area (Å²) in [6.45, 7) is 29.5. The second-order valence-corrected chi connectivity index (χ2v) is 37.4. The van der Waals surface area contributed by atoms with E-state index in [1.807, 2.05) is 119 Å². The van der Waals surface area contributed by atoms with Crippen LogP contribution in [0.4, 0.5) is 4.79 Å². The number of nitrogens with zero attached hydrogens (tertiary/aromatic N) is 2. The van der Waals surface area contributed by atoms with E-state index >= 15 is 0 Å². The van der Waals surface area contributed by atoms with Crippen LogP contribution in [-0.4, -0.2) is 213 Å². The number of esters is 1. The van der Waals surface area contributed by atoms with Gasteiger partial charge in [-0.3, -0.25) is 9.59 Å². The number of allylic oxidation sites excluding steroid dienone is 2. The number of Topliss-reactive ketones (excluding diaryl/α,β-unsaturated/α-hetero) is 1. The molecule has 26 heteroatoms. The van der Waals surface area contributed by atoms with Crippen LogP contribution >= 0.6 is 0 Å². The number of carbonyl (C=O) groups excluding carboxylic acids is 3. The largest absolute Gasteiger partial charge is 0.493 e. The van der Waals surface area contributed by atoms with Crippen LogP contribution in [0.2, 0.25) is 0 Å². The maximum Gasteiger partial charge on any atom is 0.412 e. The number of rotatable bonds is 15. The number of aliphatic hydroxyl groups excluding tert-OH is 3. The van der Waals surface area contributed by atoms with Gasteiger partial charge in [0.05, 0.1) is 98.6 Å². The van der Waals surface area contributed by atoms with Crippen LogP contribution in [-0.2, 0) is 65.7 Å². The van der Waals surface area contributed by atoms with Crippen LogP contribution in [0.3, 0.4) is 0 Å². The molecule has 24 atom stereocenters. The fraction of sp³-hybridized carbons (Fsp3) is 0.529. The number of aliphatic hydroxyl groups is 4. The summed E-state index contributed by atoms with van der Waals surface area (Å²) in [5, 5.41) is 52.1. The van der Waals surface area contributed by atoms with Gasteiger partial charge in [0.2, 0.25) is 5.88 Å². The predicted octanol–water partition coefficient (Wildman–Crippen LogP) is 16.0. The van der Waals surface area contributed by atoms with Gasteiger partial charge in [0.25, 0.3) is 0 Å². The highest BCUT2D eigenvalue weighted by Crippen LogP contribution is 2.53. The Hall–Kier alpha value is -9.65. The van der Waals surface area contributed by atoms with Crippen LogP contribution in [0.1, 0.15) is 173 Å². The lowest BCUT2D eigenvalue weighted by Crippen LogP contribution is -2.58. The van der Waals surface area contributed by atoms with Crippen molar-refractivity contribution in [3.63, 3.8) is 0 Å². The van der Waals surface area contributed by atoms with E-state index in [-0.39, 0.29) is 54.6 Å². The summed E-state index contributed by atoms with van der Waals surface area (Å²) < 4.78 is 97.4. The second kappa shape index (κ2) is 41.6. The molecule has 0 saturated carbocycles. The number of benzene rings is 6. The van der Waals surface area contributed by atoms with Crippen LogP contribution in [0.25, 0.3) is 21.7 Å². The van der Waals surface area contributed by atoms with Crippen molar-refractivity contribution < 1.29 is 111 Å². The molecule has 17 rings (SSSR count). The molecule has 0 radical (unpaired) electrons. The van der Waals surface area contributed by atoms with Gasteiger partial charge in [-0.1, -0.05) is 165 Å². The third-order valence-electron chi connectivity index (χ3n) is 27.7. The number of para-hydroxylation sites is 1. The van der Waals surface area contributed by atoms with Crippen LogP contribution in [0.5, 0.6) is 40.4 Å². The number of amides is 1. The van der Waals surface area contributed by atoms with Crippen molar-refractivity contribution in [1.82, 2.24) is 15.3 Å². The Morgan fingerprint density at radius 2 is 1.50 bits per heavy atom. The van der Waals surface area contributed by atoms with Crippen molar-refractivity contribution in [3.05, 3.63) is 209 Å². The zero-order valence-electron chi connectivity index (χ0n) is 78.0. The highest BCUT2D eigenvalue weighted by Gasteiger charge is 2.61. The molecule has 2 bridgehead atoms.